The van der Waals surface area contributed by atoms with Gasteiger partial charge in [0.05, 0.1) is 25.3 Å². The molecule has 0 unspecified atom stereocenters. The number of nitrogens with one attached hydrogen (secondary N) is 1. The Hall–Kier alpha value is -1.75. The third kappa shape index (κ3) is 2.90. The van der Waals surface area contributed by atoms with E-state index in [0.717, 1.165) is 54.3 Å². The Morgan fingerprint density at radius 3 is 2.26 bits per heavy atom. The summed E-state index contributed by atoms with van der Waals surface area (Å²) in [6.45, 7) is 8.78. The highest BCUT2D eigenvalue weighted by Gasteiger charge is 2.28. The van der Waals surface area contributed by atoms with Gasteiger partial charge in [0.1, 0.15) is 5.82 Å². The van der Waals surface area contributed by atoms with Crippen LogP contribution in [0.3, 0.4) is 0 Å². The van der Waals surface area contributed by atoms with E-state index in [2.05, 4.69) is 36.7 Å². The van der Waals surface area contributed by atoms with E-state index >= 15 is 0 Å². The monoisotopic (exact) mass is 317 g/mol. The first-order valence-corrected chi connectivity index (χ1v) is 8.31. The van der Waals surface area contributed by atoms with Gasteiger partial charge in [-0.1, -0.05) is 20.8 Å². The van der Waals surface area contributed by atoms with Crippen molar-refractivity contribution in [1.29, 1.82) is 0 Å². The third-order valence-corrected chi connectivity index (χ3v) is 4.54. The van der Waals surface area contributed by atoms with Gasteiger partial charge in [0, 0.05) is 23.6 Å². The summed E-state index contributed by atoms with van der Waals surface area (Å²) in [6, 6.07) is 4.54. The summed E-state index contributed by atoms with van der Waals surface area (Å²) >= 11 is 0. The van der Waals surface area contributed by atoms with Crippen molar-refractivity contribution in [2.75, 3.05) is 27.3 Å². The number of hydrogen-bond acceptors (Lipinski definition) is 4. The SMILES string of the molecule is COc1cc2nc(C(C)(C)C)n(C3CCNCC3)c2cc1OC. The van der Waals surface area contributed by atoms with Gasteiger partial charge in [0.15, 0.2) is 11.5 Å². The predicted octanol–water partition coefficient (Wildman–Crippen LogP) is 3.28. The van der Waals surface area contributed by atoms with Crippen LogP contribution in [0.4, 0.5) is 0 Å². The molecule has 3 rings (SSSR count). The second-order valence-electron chi connectivity index (χ2n) is 7.23. The molecule has 2 aromatic rings. The molecule has 1 aliphatic heterocycles. The van der Waals surface area contributed by atoms with Crippen molar-refractivity contribution in [3.8, 4) is 11.5 Å². The molecule has 0 atom stereocenters. The van der Waals surface area contributed by atoms with Crippen molar-refractivity contribution in [3.63, 3.8) is 0 Å². The maximum absolute atomic E-state index is 5.50. The lowest BCUT2D eigenvalue weighted by molar-refractivity contribution is 0.347. The van der Waals surface area contributed by atoms with E-state index in [1.54, 1.807) is 14.2 Å². The highest BCUT2D eigenvalue weighted by atomic mass is 16.5. The van der Waals surface area contributed by atoms with Crippen LogP contribution in [0.5, 0.6) is 11.5 Å². The summed E-state index contributed by atoms with van der Waals surface area (Å²) in [4.78, 5) is 4.95. The molecule has 0 radical (unpaired) electrons. The van der Waals surface area contributed by atoms with Crippen LogP contribution in [0.15, 0.2) is 12.1 Å². The highest BCUT2D eigenvalue weighted by Crippen LogP contribution is 2.37. The Kier molecular flexibility index (Phi) is 4.23. The summed E-state index contributed by atoms with van der Waals surface area (Å²) in [7, 11) is 3.34. The Labute approximate surface area is 138 Å². The van der Waals surface area contributed by atoms with E-state index in [-0.39, 0.29) is 5.41 Å². The van der Waals surface area contributed by atoms with Crippen molar-refractivity contribution < 1.29 is 9.47 Å². The van der Waals surface area contributed by atoms with E-state index in [0.29, 0.717) is 6.04 Å². The zero-order valence-corrected chi connectivity index (χ0v) is 14.8. The third-order valence-electron chi connectivity index (χ3n) is 4.54. The van der Waals surface area contributed by atoms with Crippen LogP contribution in [0.1, 0.15) is 45.5 Å². The fourth-order valence-electron chi connectivity index (χ4n) is 3.39. The quantitative estimate of drug-likeness (QED) is 0.944. The summed E-state index contributed by atoms with van der Waals surface area (Å²) in [5, 5.41) is 3.45. The normalized spacial score (nSPS) is 16.7. The van der Waals surface area contributed by atoms with Crippen LogP contribution in [-0.4, -0.2) is 36.9 Å². The fourth-order valence-corrected chi connectivity index (χ4v) is 3.39. The molecule has 0 saturated carbocycles. The topological polar surface area (TPSA) is 48.3 Å². The molecule has 0 aliphatic carbocycles. The number of nitrogens with zero attached hydrogens (tertiary/aromatic N) is 2. The summed E-state index contributed by atoms with van der Waals surface area (Å²) in [5.74, 6) is 2.63. The van der Waals surface area contributed by atoms with Crippen LogP contribution in [0.2, 0.25) is 0 Å². The molecule has 2 heterocycles. The van der Waals surface area contributed by atoms with Crippen molar-refractivity contribution in [1.82, 2.24) is 14.9 Å². The maximum atomic E-state index is 5.50. The lowest BCUT2D eigenvalue weighted by Crippen LogP contribution is -2.31. The van der Waals surface area contributed by atoms with E-state index in [4.69, 9.17) is 14.5 Å². The minimum Gasteiger partial charge on any atom is -0.493 e. The van der Waals surface area contributed by atoms with Crippen LogP contribution >= 0.6 is 0 Å². The number of imidazole rings is 1. The second-order valence-corrected chi connectivity index (χ2v) is 7.23. The number of piperidine rings is 1. The van der Waals surface area contributed by atoms with Gasteiger partial charge < -0.3 is 19.4 Å². The Bertz CT molecular complexity index is 694. The Balaban J connectivity index is 2.24. The summed E-state index contributed by atoms with van der Waals surface area (Å²) in [5.41, 5.74) is 2.11. The van der Waals surface area contributed by atoms with Gasteiger partial charge in [-0.3, -0.25) is 0 Å². The molecule has 1 fully saturated rings. The first-order valence-electron chi connectivity index (χ1n) is 8.31. The smallest absolute Gasteiger partial charge is 0.163 e. The average Bonchev–Trinajstić information content (AvgIpc) is 2.92. The summed E-state index contributed by atoms with van der Waals surface area (Å²) < 4.78 is 13.4. The largest absolute Gasteiger partial charge is 0.493 e. The molecule has 0 spiro atoms. The van der Waals surface area contributed by atoms with Crippen LogP contribution in [-0.2, 0) is 5.41 Å². The fraction of sp³-hybridized carbons (Fsp3) is 0.611. The molecule has 5 heteroatoms. The van der Waals surface area contributed by atoms with E-state index in [1.165, 1.54) is 0 Å². The number of hydrogen-bond donors (Lipinski definition) is 1. The van der Waals surface area contributed by atoms with Crippen molar-refractivity contribution >= 4 is 11.0 Å². The molecule has 0 bridgehead atoms. The molecule has 23 heavy (non-hydrogen) atoms. The first kappa shape index (κ1) is 16.1. The van der Waals surface area contributed by atoms with Gasteiger partial charge in [-0.2, -0.15) is 0 Å². The molecular formula is C18H27N3O2. The predicted molar refractivity (Wildman–Crippen MR) is 92.7 cm³/mol. The van der Waals surface area contributed by atoms with Crippen LogP contribution < -0.4 is 14.8 Å². The maximum Gasteiger partial charge on any atom is 0.163 e. The number of aromatic nitrogens is 2. The molecule has 1 aromatic heterocycles. The molecular weight excluding hydrogens is 290 g/mol. The summed E-state index contributed by atoms with van der Waals surface area (Å²) in [6.07, 6.45) is 2.26. The minimum absolute atomic E-state index is 0.00956. The molecule has 1 saturated heterocycles. The zero-order valence-electron chi connectivity index (χ0n) is 14.8. The number of rotatable bonds is 3. The van der Waals surface area contributed by atoms with Gasteiger partial charge >= 0.3 is 0 Å². The van der Waals surface area contributed by atoms with E-state index in [9.17, 15) is 0 Å². The molecule has 126 valence electrons. The van der Waals surface area contributed by atoms with Gasteiger partial charge in [0.25, 0.3) is 0 Å². The lowest BCUT2D eigenvalue weighted by atomic mass is 9.94. The molecule has 1 aliphatic rings. The van der Waals surface area contributed by atoms with Crippen molar-refractivity contribution in [2.45, 2.75) is 45.1 Å². The molecule has 5 nitrogen and oxygen atoms in total. The van der Waals surface area contributed by atoms with Crippen LogP contribution in [0, 0.1) is 0 Å². The Morgan fingerprint density at radius 2 is 1.70 bits per heavy atom. The standard InChI is InChI=1S/C18H27N3O2/c1-18(2,3)17-20-13-10-15(22-4)16(23-5)11-14(13)21(17)12-6-8-19-9-7-12/h10-12,19H,6-9H2,1-5H3. The van der Waals surface area contributed by atoms with Crippen LogP contribution in [0.25, 0.3) is 11.0 Å². The zero-order chi connectivity index (χ0) is 16.6. The molecule has 1 N–H and O–H groups in total. The first-order chi connectivity index (χ1) is 11.0. The van der Waals surface area contributed by atoms with E-state index in [1.807, 2.05) is 6.07 Å². The van der Waals surface area contributed by atoms with Gasteiger partial charge in [-0.05, 0) is 25.9 Å². The van der Waals surface area contributed by atoms with Crippen molar-refractivity contribution in [3.05, 3.63) is 18.0 Å². The van der Waals surface area contributed by atoms with Crippen molar-refractivity contribution in [2.24, 2.45) is 0 Å². The Morgan fingerprint density at radius 1 is 1.09 bits per heavy atom. The highest BCUT2D eigenvalue weighted by molar-refractivity contribution is 5.81. The molecule has 1 aromatic carbocycles. The van der Waals surface area contributed by atoms with Gasteiger partial charge in [-0.25, -0.2) is 4.98 Å². The van der Waals surface area contributed by atoms with E-state index < -0.39 is 0 Å². The number of fused-ring (bicyclic) bond motifs is 1. The number of ether oxygens (including phenoxy) is 2. The minimum atomic E-state index is -0.00956. The average molecular weight is 317 g/mol. The van der Waals surface area contributed by atoms with Gasteiger partial charge in [0.2, 0.25) is 0 Å². The number of methoxy groups -OCH3 is 2. The second kappa shape index (κ2) is 6.04. The molecule has 0 amide bonds. The van der Waals surface area contributed by atoms with Gasteiger partial charge in [-0.15, -0.1) is 0 Å². The number of benzene rings is 1. The lowest BCUT2D eigenvalue weighted by Gasteiger charge is -2.29.